The molecule has 0 unspecified atom stereocenters. The van der Waals surface area contributed by atoms with Crippen molar-refractivity contribution in [1.29, 1.82) is 0 Å². The third-order valence-electron chi connectivity index (χ3n) is 3.51. The molecule has 0 aliphatic carbocycles. The lowest BCUT2D eigenvalue weighted by molar-refractivity contribution is -0.113. The Morgan fingerprint density at radius 3 is 2.62 bits per heavy atom. The maximum absolute atomic E-state index is 13.0. The van der Waals surface area contributed by atoms with Gasteiger partial charge in [0.1, 0.15) is 5.75 Å². The highest BCUT2D eigenvalue weighted by Gasteiger charge is 2.34. The number of halogens is 2. The van der Waals surface area contributed by atoms with Gasteiger partial charge in [-0.05, 0) is 67.6 Å². The Hall–Kier alpha value is -1.95. The summed E-state index contributed by atoms with van der Waals surface area (Å²) < 4.78 is 0. The summed E-state index contributed by atoms with van der Waals surface area (Å²) in [5.41, 5.74) is 1.39. The van der Waals surface area contributed by atoms with Crippen molar-refractivity contribution in [2.24, 2.45) is 4.99 Å². The van der Waals surface area contributed by atoms with Crippen molar-refractivity contribution >= 4 is 57.8 Å². The molecule has 0 aromatic heterocycles. The molecule has 3 rings (SSSR count). The van der Waals surface area contributed by atoms with Crippen LogP contribution in [0.5, 0.6) is 5.75 Å². The number of nitrogens with zero attached hydrogens (tertiary/aromatic N) is 2. The molecule has 1 N–H and O–H groups in total. The zero-order chi connectivity index (χ0) is 18.8. The second-order valence-electron chi connectivity index (χ2n) is 5.95. The Morgan fingerprint density at radius 1 is 1.19 bits per heavy atom. The molecule has 7 heteroatoms. The number of thioether (sulfide) groups is 1. The molecule has 2 aromatic rings. The van der Waals surface area contributed by atoms with Crippen LogP contribution in [0.25, 0.3) is 6.08 Å². The zero-order valence-electron chi connectivity index (χ0n) is 14.1. The van der Waals surface area contributed by atoms with E-state index in [1.165, 1.54) is 17.8 Å². The van der Waals surface area contributed by atoms with Crippen molar-refractivity contribution in [2.45, 2.75) is 19.9 Å². The van der Waals surface area contributed by atoms with Crippen molar-refractivity contribution in [3.63, 3.8) is 0 Å². The summed E-state index contributed by atoms with van der Waals surface area (Å²) in [6.07, 6.45) is 1.73. The minimum Gasteiger partial charge on any atom is -0.506 e. The average molecular weight is 407 g/mol. The first-order valence-electron chi connectivity index (χ1n) is 7.91. The van der Waals surface area contributed by atoms with Gasteiger partial charge in [-0.2, -0.15) is 0 Å². The van der Waals surface area contributed by atoms with Crippen molar-refractivity contribution in [3.05, 3.63) is 63.0 Å². The third kappa shape index (κ3) is 4.06. The first kappa shape index (κ1) is 18.8. The molecule has 1 heterocycles. The van der Waals surface area contributed by atoms with E-state index in [0.29, 0.717) is 20.8 Å². The molecule has 0 saturated carbocycles. The largest absolute Gasteiger partial charge is 0.506 e. The van der Waals surface area contributed by atoms with Crippen molar-refractivity contribution in [3.8, 4) is 5.75 Å². The molecular weight excluding hydrogens is 391 g/mol. The molecule has 2 aromatic carbocycles. The van der Waals surface area contributed by atoms with Crippen LogP contribution in [0.1, 0.15) is 19.4 Å². The molecule has 0 radical (unpaired) electrons. The van der Waals surface area contributed by atoms with Crippen LogP contribution in [0.3, 0.4) is 0 Å². The van der Waals surface area contributed by atoms with Gasteiger partial charge >= 0.3 is 0 Å². The Labute approximate surface area is 166 Å². The summed E-state index contributed by atoms with van der Waals surface area (Å²) in [5.74, 6) is -0.178. The number of hydrogen-bond donors (Lipinski definition) is 1. The molecule has 1 saturated heterocycles. The molecule has 1 amide bonds. The van der Waals surface area contributed by atoms with Gasteiger partial charge in [-0.1, -0.05) is 35.3 Å². The number of phenolic OH excluding ortho intramolecular Hbond substituents is 1. The number of aromatic hydroxyl groups is 1. The maximum atomic E-state index is 13.0. The number of phenols is 1. The number of anilines is 1. The molecule has 4 nitrogen and oxygen atoms in total. The standard InChI is InChI=1S/C19H16Cl2N2O2S/c1-11(2)22-19-23(14-5-3-4-13(20)10-14)18(25)17(26-19)9-12-6-7-16(24)15(21)8-12/h3-11,24H,1-2H3/b17-9-,22-19-. The highest BCUT2D eigenvalue weighted by molar-refractivity contribution is 8.19. The second kappa shape index (κ2) is 7.74. The molecule has 0 atom stereocenters. The maximum Gasteiger partial charge on any atom is 0.271 e. The van der Waals surface area contributed by atoms with Gasteiger partial charge in [0.15, 0.2) is 5.17 Å². The van der Waals surface area contributed by atoms with Crippen LogP contribution in [-0.4, -0.2) is 22.2 Å². The van der Waals surface area contributed by atoms with Gasteiger partial charge in [0.2, 0.25) is 0 Å². The highest BCUT2D eigenvalue weighted by Crippen LogP contribution is 2.37. The van der Waals surface area contributed by atoms with Gasteiger partial charge in [-0.15, -0.1) is 0 Å². The minimum atomic E-state index is -0.180. The fourth-order valence-corrected chi connectivity index (χ4v) is 3.88. The van der Waals surface area contributed by atoms with E-state index < -0.39 is 0 Å². The normalized spacial score (nSPS) is 17.7. The number of aliphatic imine (C=N–C) groups is 1. The van der Waals surface area contributed by atoms with Gasteiger partial charge in [0.05, 0.1) is 15.6 Å². The molecule has 26 heavy (non-hydrogen) atoms. The van der Waals surface area contributed by atoms with Crippen LogP contribution in [-0.2, 0) is 4.79 Å². The quantitative estimate of drug-likeness (QED) is 0.676. The van der Waals surface area contributed by atoms with Crippen molar-refractivity contribution in [2.75, 3.05) is 4.90 Å². The van der Waals surface area contributed by atoms with Crippen molar-refractivity contribution < 1.29 is 9.90 Å². The minimum absolute atomic E-state index is 0.00170. The first-order chi connectivity index (χ1) is 12.3. The lowest BCUT2D eigenvalue weighted by atomic mass is 10.2. The van der Waals surface area contributed by atoms with Gasteiger partial charge in [0, 0.05) is 11.1 Å². The predicted molar refractivity (Wildman–Crippen MR) is 110 cm³/mol. The number of amidine groups is 1. The van der Waals surface area contributed by atoms with E-state index in [1.54, 1.807) is 41.3 Å². The fraction of sp³-hybridized carbons (Fsp3) is 0.158. The van der Waals surface area contributed by atoms with E-state index in [-0.39, 0.29) is 22.7 Å². The van der Waals surface area contributed by atoms with Crippen LogP contribution >= 0.6 is 35.0 Å². The Balaban J connectivity index is 2.03. The van der Waals surface area contributed by atoms with Crippen molar-refractivity contribution in [1.82, 2.24) is 0 Å². The van der Waals surface area contributed by atoms with E-state index in [2.05, 4.69) is 4.99 Å². The molecular formula is C19H16Cl2N2O2S. The molecule has 0 bridgehead atoms. The lowest BCUT2D eigenvalue weighted by Crippen LogP contribution is -2.29. The summed E-state index contributed by atoms with van der Waals surface area (Å²) in [4.78, 5) is 19.6. The number of hydrogen-bond acceptors (Lipinski definition) is 4. The van der Waals surface area contributed by atoms with Crippen LogP contribution < -0.4 is 4.90 Å². The number of amides is 1. The SMILES string of the molecule is CC(C)/N=C1\S/C(=C\c2ccc(O)c(Cl)c2)C(=O)N1c1cccc(Cl)c1. The second-order valence-corrected chi connectivity index (χ2v) is 7.80. The first-order valence-corrected chi connectivity index (χ1v) is 9.48. The molecule has 1 aliphatic heterocycles. The van der Waals surface area contributed by atoms with Crippen LogP contribution in [0.2, 0.25) is 10.0 Å². The Bertz CT molecular complexity index is 926. The Kier molecular flexibility index (Phi) is 5.61. The van der Waals surface area contributed by atoms with E-state index in [9.17, 15) is 9.90 Å². The molecule has 1 fully saturated rings. The van der Waals surface area contributed by atoms with Gasteiger partial charge in [-0.3, -0.25) is 14.7 Å². The van der Waals surface area contributed by atoms with E-state index >= 15 is 0 Å². The molecule has 134 valence electrons. The molecule has 0 spiro atoms. The van der Waals surface area contributed by atoms with E-state index in [1.807, 2.05) is 19.9 Å². The van der Waals surface area contributed by atoms with Gasteiger partial charge in [-0.25, -0.2) is 0 Å². The average Bonchev–Trinajstić information content (AvgIpc) is 2.86. The number of carbonyl (C=O) groups is 1. The number of carbonyl (C=O) groups excluding carboxylic acids is 1. The number of rotatable bonds is 3. The lowest BCUT2D eigenvalue weighted by Gasteiger charge is -2.16. The van der Waals surface area contributed by atoms with Crippen LogP contribution in [0.4, 0.5) is 5.69 Å². The predicted octanol–water partition coefficient (Wildman–Crippen LogP) is 5.58. The van der Waals surface area contributed by atoms with Gasteiger partial charge < -0.3 is 5.11 Å². The summed E-state index contributed by atoms with van der Waals surface area (Å²) in [6, 6.07) is 11.9. The topological polar surface area (TPSA) is 52.9 Å². The summed E-state index contributed by atoms with van der Waals surface area (Å²) in [6.45, 7) is 3.91. The van der Waals surface area contributed by atoms with E-state index in [4.69, 9.17) is 23.2 Å². The van der Waals surface area contributed by atoms with Gasteiger partial charge in [0.25, 0.3) is 5.91 Å². The monoisotopic (exact) mass is 406 g/mol. The van der Waals surface area contributed by atoms with E-state index in [0.717, 1.165) is 5.56 Å². The fourth-order valence-electron chi connectivity index (χ4n) is 2.39. The molecule has 1 aliphatic rings. The third-order valence-corrected chi connectivity index (χ3v) is 5.03. The van der Waals surface area contributed by atoms with Crippen LogP contribution in [0, 0.1) is 0 Å². The summed E-state index contributed by atoms with van der Waals surface area (Å²) >= 11 is 13.3. The highest BCUT2D eigenvalue weighted by atomic mass is 35.5. The smallest absolute Gasteiger partial charge is 0.271 e. The summed E-state index contributed by atoms with van der Waals surface area (Å²) in [7, 11) is 0. The zero-order valence-corrected chi connectivity index (χ0v) is 16.4. The summed E-state index contributed by atoms with van der Waals surface area (Å²) in [5, 5.41) is 10.9. The van der Waals surface area contributed by atoms with Crippen LogP contribution in [0.15, 0.2) is 52.4 Å². The Morgan fingerprint density at radius 2 is 1.96 bits per heavy atom. The number of benzene rings is 2.